The molecule has 0 amide bonds. The lowest BCUT2D eigenvalue weighted by atomic mass is 9.61. The number of aliphatic hydroxyl groups is 1. The highest BCUT2D eigenvalue weighted by Gasteiger charge is 2.47. The third-order valence-corrected chi connectivity index (χ3v) is 4.39. The van der Waals surface area contributed by atoms with Gasteiger partial charge in [-0.05, 0) is 57.8 Å². The molecule has 0 saturated heterocycles. The van der Waals surface area contributed by atoms with Gasteiger partial charge in [0.05, 0.1) is 17.8 Å². The fourth-order valence-corrected chi connectivity index (χ4v) is 2.75. The third-order valence-electron chi connectivity index (χ3n) is 4.39. The van der Waals surface area contributed by atoms with Gasteiger partial charge in [-0.2, -0.15) is 0 Å². The van der Waals surface area contributed by atoms with Gasteiger partial charge in [0, 0.05) is 26.4 Å². The maximum atomic E-state index is 10.3. The van der Waals surface area contributed by atoms with Crippen LogP contribution in [0.3, 0.4) is 0 Å². The van der Waals surface area contributed by atoms with E-state index in [1.165, 1.54) is 0 Å². The van der Waals surface area contributed by atoms with Gasteiger partial charge in [0.15, 0.2) is 0 Å². The Kier molecular flexibility index (Phi) is 7.99. The van der Waals surface area contributed by atoms with Crippen LogP contribution in [0.15, 0.2) is 0 Å². The summed E-state index contributed by atoms with van der Waals surface area (Å²) in [5.41, 5.74) is -0.374. The van der Waals surface area contributed by atoms with E-state index >= 15 is 0 Å². The first-order chi connectivity index (χ1) is 10.5. The van der Waals surface area contributed by atoms with Crippen molar-refractivity contribution in [3.8, 4) is 0 Å². The van der Waals surface area contributed by atoms with Crippen LogP contribution in [-0.2, 0) is 14.2 Å². The zero-order chi connectivity index (χ0) is 17.6. The monoisotopic (exact) mass is 330 g/mol. The minimum Gasteiger partial charge on any atom is -0.387 e. The van der Waals surface area contributed by atoms with Crippen molar-refractivity contribution in [2.45, 2.75) is 78.4 Å². The van der Waals surface area contributed by atoms with Crippen LogP contribution in [0.25, 0.3) is 0 Å². The van der Waals surface area contributed by atoms with Gasteiger partial charge in [0.25, 0.3) is 0 Å². The van der Waals surface area contributed by atoms with E-state index in [0.717, 1.165) is 38.9 Å². The number of hydrogen-bond donors (Lipinski definition) is 1. The van der Waals surface area contributed by atoms with E-state index in [-0.39, 0.29) is 11.0 Å². The normalized spacial score (nSPS) is 25.4. The molecular formula is C19H38O4. The van der Waals surface area contributed by atoms with Crippen LogP contribution in [0, 0.1) is 11.3 Å². The molecule has 0 atom stereocenters. The van der Waals surface area contributed by atoms with E-state index in [2.05, 4.69) is 41.5 Å². The van der Waals surface area contributed by atoms with Gasteiger partial charge in [0.2, 0.25) is 0 Å². The summed E-state index contributed by atoms with van der Waals surface area (Å²) in [7, 11) is 0. The zero-order valence-corrected chi connectivity index (χ0v) is 16.1. The van der Waals surface area contributed by atoms with Crippen molar-refractivity contribution >= 4 is 0 Å². The molecule has 1 N–H and O–H groups in total. The molecule has 0 aromatic carbocycles. The second-order valence-electron chi connectivity index (χ2n) is 9.03. The van der Waals surface area contributed by atoms with Crippen LogP contribution < -0.4 is 0 Å². The molecule has 23 heavy (non-hydrogen) atoms. The first-order valence-corrected chi connectivity index (χ1v) is 9.04. The SMILES string of the molecule is CC(C)(C)OCCCOCCCOCC1(O)CC(C(C)(C)C)C1. The smallest absolute Gasteiger partial charge is 0.0885 e. The summed E-state index contributed by atoms with van der Waals surface area (Å²) in [5, 5.41) is 10.3. The van der Waals surface area contributed by atoms with Crippen molar-refractivity contribution in [3.05, 3.63) is 0 Å². The lowest BCUT2D eigenvalue weighted by Gasteiger charge is -2.49. The summed E-state index contributed by atoms with van der Waals surface area (Å²) >= 11 is 0. The largest absolute Gasteiger partial charge is 0.387 e. The quantitative estimate of drug-likeness (QED) is 0.619. The van der Waals surface area contributed by atoms with Crippen LogP contribution in [0.1, 0.15) is 67.2 Å². The van der Waals surface area contributed by atoms with Crippen LogP contribution in [0.5, 0.6) is 0 Å². The Morgan fingerprint density at radius 1 is 0.870 bits per heavy atom. The fourth-order valence-electron chi connectivity index (χ4n) is 2.75. The van der Waals surface area contributed by atoms with Crippen molar-refractivity contribution < 1.29 is 19.3 Å². The molecule has 138 valence electrons. The van der Waals surface area contributed by atoms with Crippen molar-refractivity contribution in [2.75, 3.05) is 33.0 Å². The Bertz CT molecular complexity index is 321. The Labute approximate surface area is 142 Å². The standard InChI is InChI=1S/C19H38O4/c1-17(2,3)16-13-19(20,14-16)15-22-11-7-9-21-10-8-12-23-18(4,5)6/h16,20H,7-15H2,1-6H3. The van der Waals surface area contributed by atoms with Gasteiger partial charge in [-0.3, -0.25) is 0 Å². The van der Waals surface area contributed by atoms with Crippen molar-refractivity contribution in [2.24, 2.45) is 11.3 Å². The second-order valence-corrected chi connectivity index (χ2v) is 9.03. The Morgan fingerprint density at radius 3 is 1.91 bits per heavy atom. The van der Waals surface area contributed by atoms with Gasteiger partial charge >= 0.3 is 0 Å². The van der Waals surface area contributed by atoms with Gasteiger partial charge < -0.3 is 19.3 Å². The summed E-state index contributed by atoms with van der Waals surface area (Å²) < 4.78 is 16.8. The summed E-state index contributed by atoms with van der Waals surface area (Å²) in [6.07, 6.45) is 3.52. The predicted molar refractivity (Wildman–Crippen MR) is 93.7 cm³/mol. The molecule has 1 rings (SSSR count). The van der Waals surface area contributed by atoms with Crippen molar-refractivity contribution in [1.29, 1.82) is 0 Å². The second kappa shape index (κ2) is 8.80. The molecule has 4 nitrogen and oxygen atoms in total. The van der Waals surface area contributed by atoms with E-state index in [0.29, 0.717) is 25.7 Å². The van der Waals surface area contributed by atoms with Gasteiger partial charge in [-0.1, -0.05) is 20.8 Å². The molecule has 1 fully saturated rings. The average Bonchev–Trinajstić information content (AvgIpc) is 2.35. The van der Waals surface area contributed by atoms with Gasteiger partial charge in [0.1, 0.15) is 0 Å². The molecule has 0 bridgehead atoms. The average molecular weight is 331 g/mol. The van der Waals surface area contributed by atoms with Crippen LogP contribution in [0.4, 0.5) is 0 Å². The number of ether oxygens (including phenoxy) is 3. The topological polar surface area (TPSA) is 47.9 Å². The third kappa shape index (κ3) is 9.04. The first-order valence-electron chi connectivity index (χ1n) is 9.04. The highest BCUT2D eigenvalue weighted by molar-refractivity contribution is 4.98. The predicted octanol–water partition coefficient (Wildman–Crippen LogP) is 3.80. The highest BCUT2D eigenvalue weighted by atomic mass is 16.5. The maximum Gasteiger partial charge on any atom is 0.0885 e. The fraction of sp³-hybridized carbons (Fsp3) is 1.00. The molecule has 0 aromatic rings. The van der Waals surface area contributed by atoms with E-state index in [1.54, 1.807) is 0 Å². The van der Waals surface area contributed by atoms with Crippen LogP contribution >= 0.6 is 0 Å². The molecular weight excluding hydrogens is 292 g/mol. The zero-order valence-electron chi connectivity index (χ0n) is 16.1. The Hall–Kier alpha value is -0.160. The summed E-state index contributed by atoms with van der Waals surface area (Å²) in [5.74, 6) is 0.606. The summed E-state index contributed by atoms with van der Waals surface area (Å²) in [4.78, 5) is 0. The van der Waals surface area contributed by atoms with Crippen molar-refractivity contribution in [1.82, 2.24) is 0 Å². The molecule has 1 aliphatic rings. The lowest BCUT2D eigenvalue weighted by molar-refractivity contribution is -0.147. The molecule has 1 saturated carbocycles. The van der Waals surface area contributed by atoms with Gasteiger partial charge in [-0.15, -0.1) is 0 Å². The van der Waals surface area contributed by atoms with E-state index in [1.807, 2.05) is 0 Å². The molecule has 0 radical (unpaired) electrons. The van der Waals surface area contributed by atoms with E-state index < -0.39 is 5.60 Å². The maximum absolute atomic E-state index is 10.3. The van der Waals surface area contributed by atoms with E-state index in [9.17, 15) is 5.11 Å². The molecule has 0 spiro atoms. The minimum atomic E-state index is -0.594. The first kappa shape index (κ1) is 20.9. The molecule has 0 unspecified atom stereocenters. The number of hydrogen-bond acceptors (Lipinski definition) is 4. The van der Waals surface area contributed by atoms with E-state index in [4.69, 9.17) is 14.2 Å². The molecule has 0 aliphatic heterocycles. The Morgan fingerprint density at radius 2 is 1.39 bits per heavy atom. The molecule has 0 aromatic heterocycles. The molecule has 1 aliphatic carbocycles. The molecule has 0 heterocycles. The van der Waals surface area contributed by atoms with Crippen molar-refractivity contribution in [3.63, 3.8) is 0 Å². The minimum absolute atomic E-state index is 0.0678. The Balaban J connectivity index is 1.89. The van der Waals surface area contributed by atoms with Gasteiger partial charge in [-0.25, -0.2) is 0 Å². The van der Waals surface area contributed by atoms with Crippen LogP contribution in [0.2, 0.25) is 0 Å². The molecule has 4 heteroatoms. The van der Waals surface area contributed by atoms with Crippen LogP contribution in [-0.4, -0.2) is 49.3 Å². The number of rotatable bonds is 10. The highest BCUT2D eigenvalue weighted by Crippen LogP contribution is 2.47. The summed E-state index contributed by atoms with van der Waals surface area (Å²) in [6.45, 7) is 16.2. The summed E-state index contributed by atoms with van der Waals surface area (Å²) in [6, 6.07) is 0. The lowest BCUT2D eigenvalue weighted by Crippen LogP contribution is -2.51.